The molecule has 0 unspecified atom stereocenters. The van der Waals surface area contributed by atoms with Crippen molar-refractivity contribution in [1.82, 2.24) is 10.3 Å². The third-order valence-corrected chi connectivity index (χ3v) is 4.23. The zero-order valence-corrected chi connectivity index (χ0v) is 15.1. The molecule has 2 rings (SSSR count). The normalized spacial score (nSPS) is 11.5. The fourth-order valence-electron chi connectivity index (χ4n) is 3.10. The second-order valence-electron chi connectivity index (χ2n) is 6.62. The van der Waals surface area contributed by atoms with Gasteiger partial charge in [-0.1, -0.05) is 26.7 Å². The van der Waals surface area contributed by atoms with Crippen molar-refractivity contribution in [2.75, 3.05) is 11.9 Å². The predicted molar refractivity (Wildman–Crippen MR) is 99.4 cm³/mol. The van der Waals surface area contributed by atoms with E-state index in [2.05, 4.69) is 15.6 Å². The fraction of sp³-hybridized carbons (Fsp3) is 0.474. The monoisotopic (exact) mass is 345 g/mol. The Bertz CT molecular complexity index is 745. The number of carbonyl (C=O) groups is 2. The van der Waals surface area contributed by atoms with Crippen LogP contribution in [-0.4, -0.2) is 34.1 Å². The molecule has 1 aromatic carbocycles. The van der Waals surface area contributed by atoms with Crippen LogP contribution in [0.2, 0.25) is 0 Å². The van der Waals surface area contributed by atoms with Crippen molar-refractivity contribution < 1.29 is 14.7 Å². The van der Waals surface area contributed by atoms with E-state index in [9.17, 15) is 14.7 Å². The number of aliphatic hydroxyl groups is 1. The van der Waals surface area contributed by atoms with Gasteiger partial charge in [0.1, 0.15) is 0 Å². The van der Waals surface area contributed by atoms with E-state index < -0.39 is 17.4 Å². The maximum atomic E-state index is 12.1. The first-order chi connectivity index (χ1) is 11.9. The third-order valence-electron chi connectivity index (χ3n) is 4.23. The van der Waals surface area contributed by atoms with E-state index in [1.165, 1.54) is 0 Å². The van der Waals surface area contributed by atoms with Crippen LogP contribution in [0.15, 0.2) is 24.3 Å². The van der Waals surface area contributed by atoms with Gasteiger partial charge in [0, 0.05) is 28.8 Å². The van der Waals surface area contributed by atoms with Gasteiger partial charge in [-0.15, -0.1) is 0 Å². The van der Waals surface area contributed by atoms with Gasteiger partial charge >= 0.3 is 11.8 Å². The summed E-state index contributed by atoms with van der Waals surface area (Å²) in [6, 6.07) is 7.39. The lowest BCUT2D eigenvalue weighted by Crippen LogP contribution is -2.46. The molecule has 25 heavy (non-hydrogen) atoms. The van der Waals surface area contributed by atoms with Crippen LogP contribution < -0.4 is 10.6 Å². The van der Waals surface area contributed by atoms with Gasteiger partial charge in [-0.05, 0) is 44.0 Å². The molecule has 4 N–H and O–H groups in total. The van der Waals surface area contributed by atoms with Crippen LogP contribution >= 0.6 is 0 Å². The molecule has 0 spiro atoms. The number of rotatable bonds is 7. The van der Waals surface area contributed by atoms with Gasteiger partial charge in [0.15, 0.2) is 0 Å². The van der Waals surface area contributed by atoms with Crippen LogP contribution in [0.3, 0.4) is 0 Å². The van der Waals surface area contributed by atoms with Crippen molar-refractivity contribution in [2.45, 2.75) is 52.1 Å². The maximum Gasteiger partial charge on any atom is 0.313 e. The van der Waals surface area contributed by atoms with Crippen LogP contribution in [0.4, 0.5) is 5.69 Å². The van der Waals surface area contributed by atoms with Gasteiger partial charge < -0.3 is 20.7 Å². The molecule has 1 heterocycles. The Balaban J connectivity index is 1.95. The first-order valence-electron chi connectivity index (χ1n) is 8.78. The summed E-state index contributed by atoms with van der Waals surface area (Å²) in [6.45, 7) is 6.00. The SMILES string of the molecule is CCCC(O)(CCC)CNC(=O)C(=O)Nc1ccc2[nH]c(C)cc2c1. The highest BCUT2D eigenvalue weighted by atomic mass is 16.3. The molecule has 6 heteroatoms. The maximum absolute atomic E-state index is 12.1. The Hall–Kier alpha value is -2.34. The minimum atomic E-state index is -0.957. The number of anilines is 1. The number of amides is 2. The van der Waals surface area contributed by atoms with E-state index in [-0.39, 0.29) is 6.54 Å². The van der Waals surface area contributed by atoms with Crippen molar-refractivity contribution in [3.8, 4) is 0 Å². The van der Waals surface area contributed by atoms with Crippen molar-refractivity contribution in [2.24, 2.45) is 0 Å². The number of aryl methyl sites for hydroxylation is 1. The Morgan fingerprint density at radius 2 is 1.80 bits per heavy atom. The first kappa shape index (κ1) is 19.0. The Morgan fingerprint density at radius 1 is 1.12 bits per heavy atom. The van der Waals surface area contributed by atoms with Crippen molar-refractivity contribution in [1.29, 1.82) is 0 Å². The number of nitrogens with one attached hydrogen (secondary N) is 3. The highest BCUT2D eigenvalue weighted by Crippen LogP contribution is 2.20. The first-order valence-corrected chi connectivity index (χ1v) is 8.78. The van der Waals surface area contributed by atoms with Crippen molar-refractivity contribution in [3.05, 3.63) is 30.0 Å². The number of H-pyrrole nitrogens is 1. The van der Waals surface area contributed by atoms with E-state index in [0.29, 0.717) is 18.5 Å². The molecule has 0 radical (unpaired) electrons. The molecular weight excluding hydrogens is 318 g/mol. The lowest BCUT2D eigenvalue weighted by molar-refractivity contribution is -0.137. The van der Waals surface area contributed by atoms with Crippen LogP contribution in [-0.2, 0) is 9.59 Å². The molecule has 2 amide bonds. The number of aromatic amines is 1. The lowest BCUT2D eigenvalue weighted by Gasteiger charge is -2.27. The molecule has 1 aromatic heterocycles. The molecule has 136 valence electrons. The van der Waals surface area contributed by atoms with E-state index in [1.54, 1.807) is 6.07 Å². The van der Waals surface area contributed by atoms with Gasteiger partial charge in [0.25, 0.3) is 0 Å². The highest BCUT2D eigenvalue weighted by Gasteiger charge is 2.26. The number of benzene rings is 1. The second kappa shape index (κ2) is 8.16. The van der Waals surface area contributed by atoms with E-state index in [0.717, 1.165) is 29.4 Å². The molecule has 0 bridgehead atoms. The molecule has 0 fully saturated rings. The number of fused-ring (bicyclic) bond motifs is 1. The number of aromatic nitrogens is 1. The van der Waals surface area contributed by atoms with Crippen LogP contribution in [0.5, 0.6) is 0 Å². The Labute approximate surface area is 148 Å². The van der Waals surface area contributed by atoms with Crippen LogP contribution in [0.25, 0.3) is 10.9 Å². The average molecular weight is 345 g/mol. The summed E-state index contributed by atoms with van der Waals surface area (Å²) in [5, 5.41) is 16.6. The molecule has 0 atom stereocenters. The minimum absolute atomic E-state index is 0.0803. The van der Waals surface area contributed by atoms with E-state index >= 15 is 0 Å². The molecule has 0 saturated heterocycles. The number of carbonyl (C=O) groups excluding carboxylic acids is 2. The third kappa shape index (κ3) is 5.06. The molecule has 6 nitrogen and oxygen atoms in total. The zero-order valence-electron chi connectivity index (χ0n) is 15.1. The fourth-order valence-corrected chi connectivity index (χ4v) is 3.10. The zero-order chi connectivity index (χ0) is 18.4. The van der Waals surface area contributed by atoms with Gasteiger partial charge in [0.05, 0.1) is 5.60 Å². The van der Waals surface area contributed by atoms with Crippen molar-refractivity contribution in [3.63, 3.8) is 0 Å². The largest absolute Gasteiger partial charge is 0.388 e. The molecule has 0 aliphatic heterocycles. The van der Waals surface area contributed by atoms with E-state index in [1.807, 2.05) is 39.0 Å². The summed E-state index contributed by atoms with van der Waals surface area (Å²) in [5.74, 6) is -1.47. The summed E-state index contributed by atoms with van der Waals surface area (Å²) in [5.41, 5.74) is 1.61. The highest BCUT2D eigenvalue weighted by molar-refractivity contribution is 6.39. The smallest absolute Gasteiger partial charge is 0.313 e. The second-order valence-corrected chi connectivity index (χ2v) is 6.62. The molecule has 2 aromatic rings. The summed E-state index contributed by atoms with van der Waals surface area (Å²) in [7, 11) is 0. The molecular formula is C19H27N3O3. The number of hydrogen-bond acceptors (Lipinski definition) is 3. The standard InChI is InChI=1S/C19H27N3O3/c1-4-8-19(25,9-5-2)12-20-17(23)18(24)22-15-6-7-16-14(11-15)10-13(3)21-16/h6-7,10-11,21,25H,4-5,8-9,12H2,1-3H3,(H,20,23)(H,22,24). The average Bonchev–Trinajstić information content (AvgIpc) is 2.92. The number of hydrogen-bond donors (Lipinski definition) is 4. The van der Waals surface area contributed by atoms with Gasteiger partial charge in [0.2, 0.25) is 0 Å². The lowest BCUT2D eigenvalue weighted by atomic mass is 9.92. The molecule has 0 aliphatic rings. The van der Waals surface area contributed by atoms with Gasteiger partial charge in [-0.2, -0.15) is 0 Å². The summed E-state index contributed by atoms with van der Waals surface area (Å²) < 4.78 is 0. The quantitative estimate of drug-likeness (QED) is 0.581. The minimum Gasteiger partial charge on any atom is -0.388 e. The molecule has 0 saturated carbocycles. The summed E-state index contributed by atoms with van der Waals surface area (Å²) in [4.78, 5) is 27.3. The van der Waals surface area contributed by atoms with Crippen LogP contribution in [0, 0.1) is 6.92 Å². The Kier molecular flexibility index (Phi) is 6.20. The van der Waals surface area contributed by atoms with Crippen LogP contribution in [0.1, 0.15) is 45.2 Å². The summed E-state index contributed by atoms with van der Waals surface area (Å²) >= 11 is 0. The predicted octanol–water partition coefficient (Wildman–Crippen LogP) is 2.86. The molecule has 0 aliphatic carbocycles. The topological polar surface area (TPSA) is 94.2 Å². The summed E-state index contributed by atoms with van der Waals surface area (Å²) in [6.07, 6.45) is 2.81. The Morgan fingerprint density at radius 3 is 2.44 bits per heavy atom. The van der Waals surface area contributed by atoms with E-state index in [4.69, 9.17) is 0 Å². The van der Waals surface area contributed by atoms with Gasteiger partial charge in [-0.3, -0.25) is 9.59 Å². The van der Waals surface area contributed by atoms with Gasteiger partial charge in [-0.25, -0.2) is 0 Å². The van der Waals surface area contributed by atoms with Crippen molar-refractivity contribution >= 4 is 28.4 Å².